The molecule has 0 aliphatic carbocycles. The average Bonchev–Trinajstić information content (AvgIpc) is 2.67. The van der Waals surface area contributed by atoms with Crippen LogP contribution in [0.15, 0.2) is 28.3 Å². The number of nitrogens with zero attached hydrogens (tertiary/aromatic N) is 1. The van der Waals surface area contributed by atoms with Gasteiger partial charge in [-0.3, -0.25) is 4.99 Å². The highest BCUT2D eigenvalue weighted by Crippen LogP contribution is 2.48. The summed E-state index contributed by atoms with van der Waals surface area (Å²) in [6.07, 6.45) is 13.5. The molecular formula is C25H39NO3. The largest absolute Gasteiger partial charge is 0.505 e. The highest BCUT2D eigenvalue weighted by Gasteiger charge is 2.22. The number of hydrogen-bond donors (Lipinski definition) is 3. The topological polar surface area (TPSA) is 73.1 Å². The van der Waals surface area contributed by atoms with Crippen LogP contribution in [-0.2, 0) is 12.8 Å². The normalized spacial score (nSPS) is 12.0. The van der Waals surface area contributed by atoms with Gasteiger partial charge in [0.1, 0.15) is 11.4 Å². The zero-order valence-corrected chi connectivity index (χ0v) is 18.9. The van der Waals surface area contributed by atoms with E-state index in [2.05, 4.69) is 38.8 Å². The molecule has 0 amide bonds. The van der Waals surface area contributed by atoms with Crippen LogP contribution in [0, 0.1) is 0 Å². The molecule has 29 heavy (non-hydrogen) atoms. The standard InChI is InChI=1S/C25H39NO3/c1-6-8-10-14-20-22(26-17-9-7-2)23(27)21(25(29)24(20)28)16-15-19(5)13-11-12-18(3)4/h12,15,17,27-29H,6-11,13-14,16H2,1-5H3/b19-15+,26-17?. The first-order valence-electron chi connectivity index (χ1n) is 10.9. The van der Waals surface area contributed by atoms with Crippen molar-refractivity contribution in [3.05, 3.63) is 34.4 Å². The van der Waals surface area contributed by atoms with Crippen LogP contribution >= 0.6 is 0 Å². The molecule has 4 heteroatoms. The summed E-state index contributed by atoms with van der Waals surface area (Å²) in [5, 5.41) is 32.1. The second kappa shape index (κ2) is 13.1. The number of phenols is 3. The summed E-state index contributed by atoms with van der Waals surface area (Å²) < 4.78 is 0. The van der Waals surface area contributed by atoms with Gasteiger partial charge in [-0.2, -0.15) is 0 Å². The maximum atomic E-state index is 10.9. The van der Waals surface area contributed by atoms with Gasteiger partial charge in [0.15, 0.2) is 11.5 Å². The van der Waals surface area contributed by atoms with Gasteiger partial charge in [-0.1, -0.05) is 56.4 Å². The summed E-state index contributed by atoms with van der Waals surface area (Å²) in [5.41, 5.74) is 3.76. The SMILES string of the molecule is CCCC=Nc1c(O)c(C/C=C(\C)CCC=C(C)C)c(O)c(O)c1CCCCC. The van der Waals surface area contributed by atoms with Crippen LogP contribution in [0.25, 0.3) is 0 Å². The molecule has 4 nitrogen and oxygen atoms in total. The Morgan fingerprint density at radius 3 is 2.14 bits per heavy atom. The molecule has 0 spiro atoms. The van der Waals surface area contributed by atoms with Gasteiger partial charge in [-0.05, 0) is 59.3 Å². The summed E-state index contributed by atoms with van der Waals surface area (Å²) >= 11 is 0. The molecule has 0 heterocycles. The van der Waals surface area contributed by atoms with Gasteiger partial charge in [-0.15, -0.1) is 0 Å². The Hall–Kier alpha value is -2.23. The van der Waals surface area contributed by atoms with Gasteiger partial charge >= 0.3 is 0 Å². The molecule has 0 radical (unpaired) electrons. The molecule has 0 aliphatic heterocycles. The summed E-state index contributed by atoms with van der Waals surface area (Å²) in [6.45, 7) is 10.4. The Labute approximate surface area is 176 Å². The Kier molecular flexibility index (Phi) is 11.2. The van der Waals surface area contributed by atoms with Crippen molar-refractivity contribution < 1.29 is 15.3 Å². The average molecular weight is 402 g/mol. The summed E-state index contributed by atoms with van der Waals surface area (Å²) in [6, 6.07) is 0. The van der Waals surface area contributed by atoms with Crippen molar-refractivity contribution >= 4 is 11.9 Å². The van der Waals surface area contributed by atoms with Crippen LogP contribution in [0.1, 0.15) is 90.7 Å². The second-order valence-electron chi connectivity index (χ2n) is 7.98. The molecular weight excluding hydrogens is 362 g/mol. The minimum Gasteiger partial charge on any atom is -0.505 e. The molecule has 0 aliphatic rings. The Balaban J connectivity index is 3.21. The lowest BCUT2D eigenvalue weighted by molar-refractivity contribution is 0.386. The molecule has 1 aromatic carbocycles. The summed E-state index contributed by atoms with van der Waals surface area (Å²) in [4.78, 5) is 4.46. The molecule has 0 saturated carbocycles. The summed E-state index contributed by atoms with van der Waals surface area (Å²) in [7, 11) is 0. The molecule has 1 aromatic rings. The fourth-order valence-electron chi connectivity index (χ4n) is 3.17. The van der Waals surface area contributed by atoms with E-state index in [9.17, 15) is 15.3 Å². The summed E-state index contributed by atoms with van der Waals surface area (Å²) in [5.74, 6) is -0.391. The van der Waals surface area contributed by atoms with Crippen LogP contribution in [0.5, 0.6) is 17.2 Å². The van der Waals surface area contributed by atoms with E-state index in [1.807, 2.05) is 13.0 Å². The molecule has 162 valence electrons. The third kappa shape index (κ3) is 7.96. The van der Waals surface area contributed by atoms with E-state index in [4.69, 9.17) is 0 Å². The molecule has 0 bridgehead atoms. The molecule has 0 saturated heterocycles. The number of unbranched alkanes of at least 4 members (excludes halogenated alkanes) is 3. The number of benzene rings is 1. The van der Waals surface area contributed by atoms with E-state index in [1.165, 1.54) is 11.1 Å². The van der Waals surface area contributed by atoms with Gasteiger partial charge in [0, 0.05) is 17.3 Å². The zero-order valence-electron chi connectivity index (χ0n) is 18.9. The van der Waals surface area contributed by atoms with E-state index in [-0.39, 0.29) is 17.2 Å². The number of allylic oxidation sites excluding steroid dienone is 4. The lowest BCUT2D eigenvalue weighted by atomic mass is 9.97. The van der Waals surface area contributed by atoms with Crippen molar-refractivity contribution in [2.75, 3.05) is 0 Å². The molecule has 1 rings (SSSR count). The van der Waals surface area contributed by atoms with E-state index in [0.717, 1.165) is 44.9 Å². The van der Waals surface area contributed by atoms with Gasteiger partial charge < -0.3 is 15.3 Å². The predicted molar refractivity (Wildman–Crippen MR) is 124 cm³/mol. The quantitative estimate of drug-likeness (QED) is 0.113. The van der Waals surface area contributed by atoms with Crippen LogP contribution in [0.4, 0.5) is 5.69 Å². The van der Waals surface area contributed by atoms with Crippen molar-refractivity contribution in [2.24, 2.45) is 4.99 Å². The Morgan fingerprint density at radius 2 is 1.52 bits per heavy atom. The second-order valence-corrected chi connectivity index (χ2v) is 7.98. The smallest absolute Gasteiger partial charge is 0.165 e. The van der Waals surface area contributed by atoms with Crippen molar-refractivity contribution in [1.29, 1.82) is 0 Å². The number of aromatic hydroxyl groups is 3. The van der Waals surface area contributed by atoms with Gasteiger partial charge in [0.25, 0.3) is 0 Å². The third-order valence-electron chi connectivity index (χ3n) is 5.01. The number of aliphatic imine (C=N–C) groups is 1. The van der Waals surface area contributed by atoms with Crippen LogP contribution in [-0.4, -0.2) is 21.5 Å². The van der Waals surface area contributed by atoms with Crippen LogP contribution in [0.2, 0.25) is 0 Å². The minimum atomic E-state index is -0.225. The lowest BCUT2D eigenvalue weighted by Gasteiger charge is -2.16. The van der Waals surface area contributed by atoms with Gasteiger partial charge in [0.2, 0.25) is 0 Å². The first kappa shape index (κ1) is 24.8. The Bertz CT molecular complexity index is 741. The van der Waals surface area contributed by atoms with E-state index in [1.54, 1.807) is 6.21 Å². The monoisotopic (exact) mass is 401 g/mol. The zero-order chi connectivity index (χ0) is 21.8. The van der Waals surface area contributed by atoms with E-state index in [0.29, 0.717) is 29.7 Å². The van der Waals surface area contributed by atoms with E-state index >= 15 is 0 Å². The maximum Gasteiger partial charge on any atom is 0.165 e. The highest BCUT2D eigenvalue weighted by molar-refractivity contribution is 5.76. The number of hydrogen-bond acceptors (Lipinski definition) is 4. The minimum absolute atomic E-state index is 0.0208. The maximum absolute atomic E-state index is 10.9. The third-order valence-corrected chi connectivity index (χ3v) is 5.01. The van der Waals surface area contributed by atoms with Crippen molar-refractivity contribution in [3.63, 3.8) is 0 Å². The van der Waals surface area contributed by atoms with Crippen LogP contribution < -0.4 is 0 Å². The van der Waals surface area contributed by atoms with Crippen LogP contribution in [0.3, 0.4) is 0 Å². The van der Waals surface area contributed by atoms with Gasteiger partial charge in [0.05, 0.1) is 0 Å². The molecule has 0 unspecified atom stereocenters. The Morgan fingerprint density at radius 1 is 0.828 bits per heavy atom. The number of rotatable bonds is 12. The number of phenolic OH excluding ortho intramolecular Hbond substituents is 3. The highest BCUT2D eigenvalue weighted by atomic mass is 16.3. The lowest BCUT2D eigenvalue weighted by Crippen LogP contribution is -1.95. The van der Waals surface area contributed by atoms with Crippen molar-refractivity contribution in [1.82, 2.24) is 0 Å². The first-order chi connectivity index (χ1) is 13.8. The van der Waals surface area contributed by atoms with Crippen molar-refractivity contribution in [2.45, 2.75) is 92.4 Å². The predicted octanol–water partition coefficient (Wildman–Crippen LogP) is 7.27. The molecule has 0 atom stereocenters. The van der Waals surface area contributed by atoms with Gasteiger partial charge in [-0.25, -0.2) is 0 Å². The van der Waals surface area contributed by atoms with E-state index < -0.39 is 0 Å². The first-order valence-corrected chi connectivity index (χ1v) is 10.9. The fraction of sp³-hybridized carbons (Fsp3) is 0.560. The van der Waals surface area contributed by atoms with Crippen molar-refractivity contribution in [3.8, 4) is 17.2 Å². The molecule has 3 N–H and O–H groups in total. The fourth-order valence-corrected chi connectivity index (χ4v) is 3.17. The molecule has 0 fully saturated rings. The molecule has 0 aromatic heterocycles.